The number of hydrogen-bond acceptors (Lipinski definition) is 4. The van der Waals surface area contributed by atoms with Gasteiger partial charge in [0.1, 0.15) is 11.6 Å². The van der Waals surface area contributed by atoms with E-state index in [1.54, 1.807) is 12.1 Å². The molecule has 0 amide bonds. The van der Waals surface area contributed by atoms with Gasteiger partial charge in [0.25, 0.3) is 0 Å². The standard InChI is InChI=1S/C9H16N4/c1-5(2)9(12)6-3-7(10)13-8(11)4-6/h3-5,9H,12H2,1-2H3,(H4,10,11,13). The van der Waals surface area contributed by atoms with Gasteiger partial charge in [-0.25, -0.2) is 4.98 Å². The minimum atomic E-state index is -0.0346. The molecule has 1 heterocycles. The summed E-state index contributed by atoms with van der Waals surface area (Å²) in [7, 11) is 0. The van der Waals surface area contributed by atoms with Crippen LogP contribution in [0.1, 0.15) is 25.5 Å². The van der Waals surface area contributed by atoms with Crippen molar-refractivity contribution in [2.75, 3.05) is 11.5 Å². The Morgan fingerprint density at radius 1 is 1.15 bits per heavy atom. The maximum atomic E-state index is 5.94. The number of rotatable bonds is 2. The van der Waals surface area contributed by atoms with E-state index in [4.69, 9.17) is 17.2 Å². The predicted molar refractivity (Wildman–Crippen MR) is 54.8 cm³/mol. The van der Waals surface area contributed by atoms with Gasteiger partial charge >= 0.3 is 0 Å². The Labute approximate surface area is 78.1 Å². The van der Waals surface area contributed by atoms with Gasteiger partial charge in [0.2, 0.25) is 0 Å². The topological polar surface area (TPSA) is 91.0 Å². The molecule has 0 saturated heterocycles. The molecule has 13 heavy (non-hydrogen) atoms. The van der Waals surface area contributed by atoms with Crippen molar-refractivity contribution in [1.29, 1.82) is 0 Å². The minimum absolute atomic E-state index is 0.0346. The Morgan fingerprint density at radius 2 is 1.62 bits per heavy atom. The van der Waals surface area contributed by atoms with E-state index in [1.165, 1.54) is 0 Å². The molecule has 72 valence electrons. The van der Waals surface area contributed by atoms with Crippen molar-refractivity contribution in [2.45, 2.75) is 19.9 Å². The number of hydrogen-bond donors (Lipinski definition) is 3. The average molecular weight is 180 g/mol. The van der Waals surface area contributed by atoms with E-state index in [1.807, 2.05) is 0 Å². The molecular formula is C9H16N4. The van der Waals surface area contributed by atoms with Gasteiger partial charge in [-0.05, 0) is 23.6 Å². The van der Waals surface area contributed by atoms with Gasteiger partial charge < -0.3 is 17.2 Å². The molecular weight excluding hydrogens is 164 g/mol. The average Bonchev–Trinajstić information content (AvgIpc) is 2.01. The van der Waals surface area contributed by atoms with Crippen LogP contribution in [-0.4, -0.2) is 4.98 Å². The molecule has 6 N–H and O–H groups in total. The second-order valence-electron chi connectivity index (χ2n) is 3.52. The van der Waals surface area contributed by atoms with E-state index < -0.39 is 0 Å². The van der Waals surface area contributed by atoms with Crippen molar-refractivity contribution in [3.63, 3.8) is 0 Å². The van der Waals surface area contributed by atoms with E-state index in [-0.39, 0.29) is 6.04 Å². The molecule has 0 radical (unpaired) electrons. The first kappa shape index (κ1) is 9.80. The monoisotopic (exact) mass is 180 g/mol. The van der Waals surface area contributed by atoms with Gasteiger partial charge in [-0.15, -0.1) is 0 Å². The van der Waals surface area contributed by atoms with Crippen LogP contribution >= 0.6 is 0 Å². The molecule has 1 atom stereocenters. The zero-order valence-corrected chi connectivity index (χ0v) is 7.99. The van der Waals surface area contributed by atoms with Gasteiger partial charge in [-0.3, -0.25) is 0 Å². The summed E-state index contributed by atoms with van der Waals surface area (Å²) in [5.74, 6) is 1.21. The first-order valence-electron chi connectivity index (χ1n) is 4.29. The molecule has 4 heteroatoms. The van der Waals surface area contributed by atoms with Gasteiger partial charge in [-0.1, -0.05) is 13.8 Å². The smallest absolute Gasteiger partial charge is 0.126 e. The highest BCUT2D eigenvalue weighted by Gasteiger charge is 2.11. The molecule has 1 aromatic rings. The lowest BCUT2D eigenvalue weighted by atomic mass is 9.98. The normalized spacial score (nSPS) is 13.2. The molecule has 0 aliphatic heterocycles. The van der Waals surface area contributed by atoms with Crippen LogP contribution in [0.5, 0.6) is 0 Å². The summed E-state index contributed by atoms with van der Waals surface area (Å²) in [6.45, 7) is 4.11. The first-order valence-corrected chi connectivity index (χ1v) is 4.29. The fourth-order valence-electron chi connectivity index (χ4n) is 1.17. The third-order valence-electron chi connectivity index (χ3n) is 1.99. The zero-order chi connectivity index (χ0) is 10.0. The van der Waals surface area contributed by atoms with Crippen molar-refractivity contribution in [1.82, 2.24) is 4.98 Å². The zero-order valence-electron chi connectivity index (χ0n) is 7.99. The van der Waals surface area contributed by atoms with E-state index in [0.717, 1.165) is 5.56 Å². The summed E-state index contributed by atoms with van der Waals surface area (Å²) in [6, 6.07) is 3.50. The molecule has 4 nitrogen and oxygen atoms in total. The van der Waals surface area contributed by atoms with E-state index in [0.29, 0.717) is 17.6 Å². The van der Waals surface area contributed by atoms with E-state index in [2.05, 4.69) is 18.8 Å². The highest BCUT2D eigenvalue weighted by molar-refractivity contribution is 5.44. The minimum Gasteiger partial charge on any atom is -0.384 e. The highest BCUT2D eigenvalue weighted by atomic mass is 14.9. The number of aromatic nitrogens is 1. The fraction of sp³-hybridized carbons (Fsp3) is 0.444. The van der Waals surface area contributed by atoms with Crippen molar-refractivity contribution in [2.24, 2.45) is 11.7 Å². The molecule has 1 aromatic heterocycles. The van der Waals surface area contributed by atoms with Crippen LogP contribution in [0.25, 0.3) is 0 Å². The van der Waals surface area contributed by atoms with Crippen molar-refractivity contribution >= 4 is 11.6 Å². The Hall–Kier alpha value is -1.29. The Kier molecular flexibility index (Phi) is 2.72. The molecule has 1 rings (SSSR count). The number of anilines is 2. The summed E-state index contributed by atoms with van der Waals surface area (Å²) in [5.41, 5.74) is 18.0. The van der Waals surface area contributed by atoms with Gasteiger partial charge in [-0.2, -0.15) is 0 Å². The maximum absolute atomic E-state index is 5.94. The summed E-state index contributed by atoms with van der Waals surface area (Å²) in [4.78, 5) is 3.88. The fourth-order valence-corrected chi connectivity index (χ4v) is 1.17. The molecule has 0 aliphatic carbocycles. The lowest BCUT2D eigenvalue weighted by molar-refractivity contribution is 0.514. The summed E-state index contributed by atoms with van der Waals surface area (Å²) >= 11 is 0. The Morgan fingerprint density at radius 3 is 2.00 bits per heavy atom. The third-order valence-corrected chi connectivity index (χ3v) is 1.99. The van der Waals surface area contributed by atoms with Crippen LogP contribution in [0.2, 0.25) is 0 Å². The van der Waals surface area contributed by atoms with Crippen LogP contribution in [0.4, 0.5) is 11.6 Å². The van der Waals surface area contributed by atoms with Crippen molar-refractivity contribution < 1.29 is 0 Å². The first-order chi connectivity index (χ1) is 6.00. The van der Waals surface area contributed by atoms with Crippen LogP contribution in [0, 0.1) is 5.92 Å². The molecule has 0 fully saturated rings. The lowest BCUT2D eigenvalue weighted by Crippen LogP contribution is -2.17. The quantitative estimate of drug-likeness (QED) is 0.630. The van der Waals surface area contributed by atoms with Gasteiger partial charge in [0, 0.05) is 6.04 Å². The van der Waals surface area contributed by atoms with Crippen LogP contribution in [0.3, 0.4) is 0 Å². The number of pyridine rings is 1. The summed E-state index contributed by atoms with van der Waals surface area (Å²) < 4.78 is 0. The van der Waals surface area contributed by atoms with Crippen LogP contribution in [0.15, 0.2) is 12.1 Å². The van der Waals surface area contributed by atoms with Crippen LogP contribution < -0.4 is 17.2 Å². The Balaban J connectivity index is 3.01. The maximum Gasteiger partial charge on any atom is 0.126 e. The van der Waals surface area contributed by atoms with E-state index in [9.17, 15) is 0 Å². The summed E-state index contributed by atoms with van der Waals surface area (Å²) in [6.07, 6.45) is 0. The van der Waals surface area contributed by atoms with Gasteiger partial charge in [0.15, 0.2) is 0 Å². The molecule has 0 aromatic carbocycles. The molecule has 1 unspecified atom stereocenters. The summed E-state index contributed by atoms with van der Waals surface area (Å²) in [5, 5.41) is 0. The lowest BCUT2D eigenvalue weighted by Gasteiger charge is -2.16. The second kappa shape index (κ2) is 3.62. The molecule has 0 spiro atoms. The SMILES string of the molecule is CC(C)C(N)c1cc(N)nc(N)c1. The Bertz CT molecular complexity index is 275. The predicted octanol–water partition coefficient (Wildman–Crippen LogP) is 0.902. The molecule has 0 aliphatic rings. The van der Waals surface area contributed by atoms with E-state index >= 15 is 0 Å². The highest BCUT2D eigenvalue weighted by Crippen LogP contribution is 2.21. The number of nitrogens with two attached hydrogens (primary N) is 3. The van der Waals surface area contributed by atoms with Crippen LogP contribution in [-0.2, 0) is 0 Å². The second-order valence-corrected chi connectivity index (χ2v) is 3.52. The number of nitrogen functional groups attached to an aromatic ring is 2. The molecule has 0 bridgehead atoms. The largest absolute Gasteiger partial charge is 0.384 e. The number of nitrogens with zero attached hydrogens (tertiary/aromatic N) is 1. The van der Waals surface area contributed by atoms with Crippen molar-refractivity contribution in [3.8, 4) is 0 Å². The molecule has 0 saturated carbocycles. The third kappa shape index (κ3) is 2.32. The van der Waals surface area contributed by atoms with Gasteiger partial charge in [0.05, 0.1) is 0 Å². The van der Waals surface area contributed by atoms with Crippen molar-refractivity contribution in [3.05, 3.63) is 17.7 Å².